The van der Waals surface area contributed by atoms with Crippen LogP contribution in [-0.2, 0) is 29.2 Å². The minimum atomic E-state index is -0.365. The van der Waals surface area contributed by atoms with Gasteiger partial charge in [-0.25, -0.2) is 4.98 Å². The highest BCUT2D eigenvalue weighted by Gasteiger charge is 2.27. The van der Waals surface area contributed by atoms with Gasteiger partial charge in [0, 0.05) is 45.1 Å². The van der Waals surface area contributed by atoms with E-state index in [2.05, 4.69) is 81.6 Å². The summed E-state index contributed by atoms with van der Waals surface area (Å²) in [6, 6.07) is 14.1. The summed E-state index contributed by atoms with van der Waals surface area (Å²) in [6.07, 6.45) is 8.65. The second-order valence-corrected chi connectivity index (χ2v) is 19.0. The third-order valence-electron chi connectivity index (χ3n) is 12.8. The van der Waals surface area contributed by atoms with Crippen molar-refractivity contribution in [2.45, 2.75) is 152 Å². The van der Waals surface area contributed by atoms with Crippen molar-refractivity contribution in [3.8, 4) is 45.5 Å². The van der Waals surface area contributed by atoms with Gasteiger partial charge in [-0.3, -0.25) is 28.5 Å². The molecule has 2 unspecified atom stereocenters. The van der Waals surface area contributed by atoms with Gasteiger partial charge in [-0.05, 0) is 72.9 Å². The normalized spacial score (nSPS) is 11.8. The van der Waals surface area contributed by atoms with Gasteiger partial charge in [0.05, 0.1) is 63.7 Å². The molecule has 3 aromatic heterocycles. The van der Waals surface area contributed by atoms with E-state index >= 15 is 0 Å². The predicted molar refractivity (Wildman–Crippen MR) is 294 cm³/mol. The molecule has 0 bridgehead atoms. The lowest BCUT2D eigenvalue weighted by atomic mass is 10.0. The molecule has 2 atom stereocenters. The summed E-state index contributed by atoms with van der Waals surface area (Å²) in [4.78, 5) is 55.4. The fraction of sp³-hybridized carbons (Fsp3) is 0.561. The number of methoxy groups -OCH3 is 4. The Morgan fingerprint density at radius 2 is 1.00 bits per heavy atom. The van der Waals surface area contributed by atoms with Gasteiger partial charge in [0.2, 0.25) is 17.7 Å². The lowest BCUT2D eigenvalue weighted by Gasteiger charge is -2.19. The molecule has 0 saturated carbocycles. The number of nitrogens with zero attached hydrogens (tertiary/aromatic N) is 5. The molecule has 2 aromatic carbocycles. The minimum absolute atomic E-state index is 0.107. The van der Waals surface area contributed by atoms with Crippen LogP contribution in [0.25, 0.3) is 22.5 Å². The molecule has 5 aromatic rings. The fourth-order valence-electron chi connectivity index (χ4n) is 8.71. The number of oxazole rings is 1. The molecule has 0 radical (unpaired) electrons. The van der Waals surface area contributed by atoms with Crippen molar-refractivity contribution in [1.82, 2.24) is 45.8 Å². The quantitative estimate of drug-likeness (QED) is 0.0368. The third-order valence-corrected chi connectivity index (χ3v) is 12.8. The molecule has 414 valence electrons. The van der Waals surface area contributed by atoms with E-state index in [4.69, 9.17) is 33.6 Å². The Balaban J connectivity index is 0.000000386. The Hall–Kier alpha value is -6.85. The number of ether oxygens (including phenoxy) is 4. The van der Waals surface area contributed by atoms with Gasteiger partial charge in [-0.2, -0.15) is 10.2 Å². The lowest BCUT2D eigenvalue weighted by Crippen LogP contribution is -2.40. The molecular weight excluding hydrogens is 955 g/mol. The Morgan fingerprint density at radius 1 is 0.613 bits per heavy atom. The van der Waals surface area contributed by atoms with Crippen LogP contribution in [0.3, 0.4) is 0 Å². The summed E-state index contributed by atoms with van der Waals surface area (Å²) in [5, 5.41) is 20.9. The maximum Gasteiger partial charge on any atom is 0.272 e. The first-order valence-corrected chi connectivity index (χ1v) is 26.6. The van der Waals surface area contributed by atoms with E-state index in [1.54, 1.807) is 47.6 Å². The first-order valence-electron chi connectivity index (χ1n) is 26.6. The van der Waals surface area contributed by atoms with Crippen molar-refractivity contribution in [2.24, 2.45) is 23.7 Å². The van der Waals surface area contributed by atoms with Crippen LogP contribution < -0.4 is 40.2 Å². The third kappa shape index (κ3) is 18.8. The molecule has 18 nitrogen and oxygen atoms in total. The van der Waals surface area contributed by atoms with Crippen molar-refractivity contribution < 1.29 is 42.5 Å². The SMILES string of the molecule is CC.CCC(CC)Cn1nc(C(=O)NC(CC(=O)NC)CC(C)C)cc1-c1c(OC)cccc1OC.CCC(CC)Cn1nc(C(=O)NC(CC(=O)NCc2ncco2)CC(C)C)cc1-c1c(OC)cccc1OC. The second kappa shape index (κ2) is 32.5. The monoisotopic (exact) mass is 1040 g/mol. The van der Waals surface area contributed by atoms with Crippen molar-refractivity contribution in [1.29, 1.82) is 0 Å². The topological polar surface area (TPSA) is 215 Å². The Kier molecular flexibility index (Phi) is 27.0. The largest absolute Gasteiger partial charge is 0.496 e. The van der Waals surface area contributed by atoms with Gasteiger partial charge in [0.25, 0.3) is 11.8 Å². The van der Waals surface area contributed by atoms with Crippen LogP contribution in [0.5, 0.6) is 23.0 Å². The summed E-state index contributed by atoms with van der Waals surface area (Å²) in [7, 11) is 8.04. The molecule has 0 aliphatic heterocycles. The van der Waals surface area contributed by atoms with Crippen LogP contribution in [0.4, 0.5) is 0 Å². The van der Waals surface area contributed by atoms with E-state index in [-0.39, 0.29) is 66.7 Å². The Morgan fingerprint density at radius 3 is 1.32 bits per heavy atom. The maximum atomic E-state index is 13.5. The summed E-state index contributed by atoms with van der Waals surface area (Å²) in [6.45, 7) is 22.4. The average molecular weight is 1040 g/mol. The molecule has 0 fully saturated rings. The van der Waals surface area contributed by atoms with Crippen molar-refractivity contribution in [2.75, 3.05) is 35.5 Å². The van der Waals surface area contributed by atoms with Gasteiger partial charge in [-0.1, -0.05) is 107 Å². The summed E-state index contributed by atoms with van der Waals surface area (Å²) >= 11 is 0. The minimum Gasteiger partial charge on any atom is -0.496 e. The van der Waals surface area contributed by atoms with Gasteiger partial charge in [0.15, 0.2) is 11.4 Å². The maximum absolute atomic E-state index is 13.5. The van der Waals surface area contributed by atoms with E-state index in [1.807, 2.05) is 59.6 Å². The second-order valence-electron chi connectivity index (χ2n) is 19.0. The van der Waals surface area contributed by atoms with E-state index in [0.717, 1.165) is 48.2 Å². The van der Waals surface area contributed by atoms with Crippen LogP contribution in [-0.4, -0.2) is 95.7 Å². The molecule has 0 aliphatic carbocycles. The number of hydrogen-bond donors (Lipinski definition) is 4. The van der Waals surface area contributed by atoms with Gasteiger partial charge < -0.3 is 44.6 Å². The lowest BCUT2D eigenvalue weighted by molar-refractivity contribution is -0.122. The molecule has 0 spiro atoms. The van der Waals surface area contributed by atoms with Gasteiger partial charge in [0.1, 0.15) is 29.3 Å². The number of nitrogens with one attached hydrogen (secondary N) is 4. The van der Waals surface area contributed by atoms with Crippen molar-refractivity contribution in [3.05, 3.63) is 78.3 Å². The van der Waals surface area contributed by atoms with Crippen molar-refractivity contribution >= 4 is 23.6 Å². The molecule has 3 heterocycles. The molecule has 75 heavy (non-hydrogen) atoms. The van der Waals surface area contributed by atoms with Crippen LogP contribution >= 0.6 is 0 Å². The van der Waals surface area contributed by atoms with Crippen LogP contribution in [0.1, 0.15) is 147 Å². The fourth-order valence-corrected chi connectivity index (χ4v) is 8.71. The number of hydrogen-bond acceptors (Lipinski definition) is 12. The Bertz CT molecular complexity index is 2450. The zero-order valence-electron chi connectivity index (χ0n) is 47.4. The molecule has 4 amide bonds. The van der Waals surface area contributed by atoms with Gasteiger partial charge >= 0.3 is 0 Å². The first-order chi connectivity index (χ1) is 36.1. The van der Waals surface area contributed by atoms with Crippen LogP contribution in [0.15, 0.2) is 65.4 Å². The molecule has 0 saturated heterocycles. The molecule has 5 rings (SSSR count). The highest BCUT2D eigenvalue weighted by molar-refractivity contribution is 5.95. The highest BCUT2D eigenvalue weighted by atomic mass is 16.5. The average Bonchev–Trinajstić information content (AvgIpc) is 4.19. The number of carbonyl (C=O) groups is 4. The number of amides is 4. The number of rotatable bonds is 28. The molecule has 0 aliphatic rings. The van der Waals surface area contributed by atoms with E-state index in [0.29, 0.717) is 78.3 Å². The van der Waals surface area contributed by atoms with Crippen LogP contribution in [0, 0.1) is 23.7 Å². The number of aromatic nitrogens is 5. The summed E-state index contributed by atoms with van der Waals surface area (Å²) < 4.78 is 31.5. The highest BCUT2D eigenvalue weighted by Crippen LogP contribution is 2.40. The van der Waals surface area contributed by atoms with E-state index < -0.39 is 0 Å². The molecular formula is C57H87N9O9. The van der Waals surface area contributed by atoms with Crippen LogP contribution in [0.2, 0.25) is 0 Å². The smallest absolute Gasteiger partial charge is 0.272 e. The molecule has 18 heteroatoms. The number of carbonyl (C=O) groups excluding carboxylic acids is 4. The predicted octanol–water partition coefficient (Wildman–Crippen LogP) is 10.2. The standard InChI is InChI=1S/C29H41N5O5.C26H40N4O4.C2H6/c1-7-20(8-2)18-34-23(28-24(37-5)10-9-11-25(28)38-6)16-22(33-34)29(36)32-21(14-19(3)4)15-26(35)31-17-27-30-12-13-39-27;1-8-18(9-2)16-30-21(25-22(33-6)11-10-12-23(25)34-7)15-20(29-30)26(32)28-19(13-17(3)4)14-24(31)27-5;1-2/h9-13,16,19-21H,7-8,14-15,17-18H2,1-6H3,(H,31,35)(H,32,36);10-12,15,17-19H,8-9,13-14,16H2,1-7H3,(H,27,31)(H,28,32);1-2H3. The zero-order valence-corrected chi connectivity index (χ0v) is 47.4. The van der Waals surface area contributed by atoms with E-state index in [1.165, 1.54) is 12.5 Å². The van der Waals surface area contributed by atoms with E-state index in [9.17, 15) is 19.2 Å². The zero-order chi connectivity index (χ0) is 55.6. The molecule has 4 N–H and O–H groups in total. The first kappa shape index (κ1) is 62.4. The van der Waals surface area contributed by atoms with Gasteiger partial charge in [-0.15, -0.1) is 0 Å². The summed E-state index contributed by atoms with van der Waals surface area (Å²) in [5.41, 5.74) is 3.58. The Labute approximate surface area is 445 Å². The van der Waals surface area contributed by atoms with Crippen molar-refractivity contribution in [3.63, 3.8) is 0 Å². The number of benzene rings is 2. The summed E-state index contributed by atoms with van der Waals surface area (Å²) in [5.74, 6) is 3.46.